The molecule has 0 aliphatic heterocycles. The van der Waals surface area contributed by atoms with Gasteiger partial charge < -0.3 is 4.42 Å². The van der Waals surface area contributed by atoms with Crippen LogP contribution < -0.4 is 0 Å². The Morgan fingerprint density at radius 1 is 1.50 bits per heavy atom. The Bertz CT molecular complexity index is 260. The van der Waals surface area contributed by atoms with Crippen molar-refractivity contribution in [1.82, 2.24) is 0 Å². The number of hydrogen-bond donors (Lipinski definition) is 0. The van der Waals surface area contributed by atoms with Crippen molar-refractivity contribution in [2.24, 2.45) is 0 Å². The number of furan rings is 1. The molecule has 0 spiro atoms. The van der Waals surface area contributed by atoms with Crippen molar-refractivity contribution in [3.8, 4) is 0 Å². The molecule has 0 saturated carbocycles. The van der Waals surface area contributed by atoms with Gasteiger partial charge in [0.1, 0.15) is 5.76 Å². The highest BCUT2D eigenvalue weighted by atomic mass is 16.3. The minimum absolute atomic E-state index is 0.176. The SMILES string of the molecule is O=C1CCCc2oc[c]c21. The minimum Gasteiger partial charge on any atom is -0.468 e. The van der Waals surface area contributed by atoms with Crippen LogP contribution in [0.15, 0.2) is 10.7 Å². The average molecular weight is 135 g/mol. The lowest BCUT2D eigenvalue weighted by molar-refractivity contribution is 0.0969. The van der Waals surface area contributed by atoms with E-state index in [1.807, 2.05) is 0 Å². The van der Waals surface area contributed by atoms with Crippen molar-refractivity contribution in [3.63, 3.8) is 0 Å². The van der Waals surface area contributed by atoms with Crippen LogP contribution in [0.3, 0.4) is 0 Å². The van der Waals surface area contributed by atoms with Crippen LogP contribution in [0.25, 0.3) is 0 Å². The van der Waals surface area contributed by atoms with Crippen LogP contribution in [0.1, 0.15) is 29.0 Å². The van der Waals surface area contributed by atoms with Gasteiger partial charge in [0.05, 0.1) is 11.8 Å². The van der Waals surface area contributed by atoms with Gasteiger partial charge in [-0.2, -0.15) is 0 Å². The molecule has 0 N–H and O–H groups in total. The molecule has 0 unspecified atom stereocenters. The third kappa shape index (κ3) is 0.685. The van der Waals surface area contributed by atoms with Crippen molar-refractivity contribution in [2.45, 2.75) is 19.3 Å². The fraction of sp³-hybridized carbons (Fsp3) is 0.375. The topological polar surface area (TPSA) is 30.2 Å². The molecule has 0 bridgehead atoms. The van der Waals surface area contributed by atoms with Gasteiger partial charge in [-0.05, 0) is 6.42 Å². The van der Waals surface area contributed by atoms with Gasteiger partial charge in [-0.3, -0.25) is 4.79 Å². The van der Waals surface area contributed by atoms with E-state index in [0.717, 1.165) is 18.6 Å². The number of rotatable bonds is 0. The number of carbonyl (C=O) groups is 1. The summed E-state index contributed by atoms with van der Waals surface area (Å²) in [7, 11) is 0. The lowest BCUT2D eigenvalue weighted by Gasteiger charge is -2.06. The van der Waals surface area contributed by atoms with Gasteiger partial charge in [0.25, 0.3) is 0 Å². The van der Waals surface area contributed by atoms with E-state index >= 15 is 0 Å². The van der Waals surface area contributed by atoms with Crippen molar-refractivity contribution in [3.05, 3.63) is 23.7 Å². The highest BCUT2D eigenvalue weighted by Gasteiger charge is 2.19. The summed E-state index contributed by atoms with van der Waals surface area (Å²) < 4.78 is 5.05. The second-order valence-electron chi connectivity index (χ2n) is 2.45. The van der Waals surface area contributed by atoms with E-state index in [0.29, 0.717) is 12.0 Å². The molecule has 0 saturated heterocycles. The molecule has 2 rings (SSSR count). The average Bonchev–Trinajstić information content (AvgIpc) is 2.36. The fourth-order valence-corrected chi connectivity index (χ4v) is 1.25. The van der Waals surface area contributed by atoms with Gasteiger partial charge in [0, 0.05) is 18.9 Å². The summed E-state index contributed by atoms with van der Waals surface area (Å²) in [4.78, 5) is 11.1. The smallest absolute Gasteiger partial charge is 0.167 e. The summed E-state index contributed by atoms with van der Waals surface area (Å²) in [6.07, 6.45) is 3.94. The zero-order valence-electron chi connectivity index (χ0n) is 5.52. The van der Waals surface area contributed by atoms with Gasteiger partial charge in [0.15, 0.2) is 5.78 Å². The van der Waals surface area contributed by atoms with E-state index in [1.165, 1.54) is 6.26 Å². The summed E-state index contributed by atoms with van der Waals surface area (Å²) in [5.41, 5.74) is 0.672. The maximum absolute atomic E-state index is 11.1. The van der Waals surface area contributed by atoms with Gasteiger partial charge in [-0.1, -0.05) is 0 Å². The molecule has 1 aliphatic carbocycles. The maximum atomic E-state index is 11.1. The van der Waals surface area contributed by atoms with E-state index in [-0.39, 0.29) is 5.78 Å². The van der Waals surface area contributed by atoms with Gasteiger partial charge in [0.2, 0.25) is 0 Å². The lowest BCUT2D eigenvalue weighted by Crippen LogP contribution is -2.07. The molecular formula is C8H7O2. The molecular weight excluding hydrogens is 128 g/mol. The second kappa shape index (κ2) is 1.97. The summed E-state index contributed by atoms with van der Waals surface area (Å²) >= 11 is 0. The van der Waals surface area contributed by atoms with Crippen LogP contribution >= 0.6 is 0 Å². The second-order valence-corrected chi connectivity index (χ2v) is 2.45. The van der Waals surface area contributed by atoms with Crippen molar-refractivity contribution < 1.29 is 9.21 Å². The van der Waals surface area contributed by atoms with Gasteiger partial charge >= 0.3 is 0 Å². The molecule has 2 nitrogen and oxygen atoms in total. The third-order valence-corrected chi connectivity index (χ3v) is 1.77. The Morgan fingerprint density at radius 2 is 2.40 bits per heavy atom. The quantitative estimate of drug-likeness (QED) is 0.540. The van der Waals surface area contributed by atoms with Crippen LogP contribution in [0.5, 0.6) is 0 Å². The molecule has 0 atom stereocenters. The first-order valence-corrected chi connectivity index (χ1v) is 3.39. The highest BCUT2D eigenvalue weighted by Crippen LogP contribution is 2.20. The number of hydrogen-bond acceptors (Lipinski definition) is 2. The first-order chi connectivity index (χ1) is 4.88. The molecule has 1 aromatic heterocycles. The predicted octanol–water partition coefficient (Wildman–Crippen LogP) is 1.60. The van der Waals surface area contributed by atoms with Crippen LogP contribution in [0.2, 0.25) is 0 Å². The van der Waals surface area contributed by atoms with E-state index in [9.17, 15) is 4.79 Å². The summed E-state index contributed by atoms with van der Waals surface area (Å²) in [6, 6.07) is 2.79. The number of carbonyl (C=O) groups excluding carboxylic acids is 1. The van der Waals surface area contributed by atoms with Crippen molar-refractivity contribution >= 4 is 5.78 Å². The number of fused-ring (bicyclic) bond motifs is 1. The number of ketones is 1. The van der Waals surface area contributed by atoms with Crippen LogP contribution in [-0.4, -0.2) is 5.78 Å². The first-order valence-electron chi connectivity index (χ1n) is 3.39. The molecule has 0 aromatic carbocycles. The molecule has 1 heterocycles. The fourth-order valence-electron chi connectivity index (χ4n) is 1.25. The Kier molecular flexibility index (Phi) is 1.13. The Hall–Kier alpha value is -1.05. The van der Waals surface area contributed by atoms with Crippen LogP contribution in [-0.2, 0) is 6.42 Å². The summed E-state index contributed by atoms with van der Waals surface area (Å²) in [5, 5.41) is 0. The Labute approximate surface area is 58.8 Å². The molecule has 1 radical (unpaired) electrons. The summed E-state index contributed by atoms with van der Waals surface area (Å²) in [6.45, 7) is 0. The molecule has 51 valence electrons. The van der Waals surface area contributed by atoms with Crippen LogP contribution in [0.4, 0.5) is 0 Å². The van der Waals surface area contributed by atoms with E-state index in [2.05, 4.69) is 6.07 Å². The molecule has 0 fully saturated rings. The van der Waals surface area contributed by atoms with Gasteiger partial charge in [-0.15, -0.1) is 0 Å². The largest absolute Gasteiger partial charge is 0.468 e. The lowest BCUT2D eigenvalue weighted by atomic mass is 9.98. The molecule has 2 heteroatoms. The van der Waals surface area contributed by atoms with Gasteiger partial charge in [-0.25, -0.2) is 0 Å². The predicted molar refractivity (Wildman–Crippen MR) is 34.8 cm³/mol. The molecule has 1 aliphatic rings. The zero-order chi connectivity index (χ0) is 6.97. The minimum atomic E-state index is 0.176. The monoisotopic (exact) mass is 135 g/mol. The van der Waals surface area contributed by atoms with E-state index in [1.54, 1.807) is 0 Å². The summed E-state index contributed by atoms with van der Waals surface area (Å²) in [5.74, 6) is 0.992. The Morgan fingerprint density at radius 3 is 3.20 bits per heavy atom. The van der Waals surface area contributed by atoms with Crippen molar-refractivity contribution in [1.29, 1.82) is 0 Å². The van der Waals surface area contributed by atoms with E-state index < -0.39 is 0 Å². The Balaban J connectivity index is 2.50. The van der Waals surface area contributed by atoms with Crippen molar-refractivity contribution in [2.75, 3.05) is 0 Å². The first kappa shape index (κ1) is 5.71. The standard InChI is InChI=1S/C8H7O2/c9-7-2-1-3-8-6(7)4-5-10-8/h5H,1-3H2. The zero-order valence-corrected chi connectivity index (χ0v) is 5.52. The maximum Gasteiger partial charge on any atom is 0.167 e. The van der Waals surface area contributed by atoms with E-state index in [4.69, 9.17) is 4.42 Å². The molecule has 10 heavy (non-hydrogen) atoms. The normalized spacial score (nSPS) is 17.0. The number of aryl methyl sites for hydroxylation is 1. The molecule has 1 aromatic rings. The molecule has 0 amide bonds. The number of Topliss-reactive ketones (excluding diaryl/α,β-unsaturated/α-hetero) is 1. The van der Waals surface area contributed by atoms with Crippen LogP contribution in [0, 0.1) is 6.07 Å². The third-order valence-electron chi connectivity index (χ3n) is 1.77. The highest BCUT2D eigenvalue weighted by molar-refractivity contribution is 5.97.